The van der Waals surface area contributed by atoms with Crippen molar-refractivity contribution in [3.63, 3.8) is 0 Å². The second-order valence-corrected chi connectivity index (χ2v) is 5.25. The van der Waals surface area contributed by atoms with Gasteiger partial charge in [-0.1, -0.05) is 0 Å². The summed E-state index contributed by atoms with van der Waals surface area (Å²) in [7, 11) is -4.40. The van der Waals surface area contributed by atoms with Crippen molar-refractivity contribution in [2.75, 3.05) is 19.8 Å². The van der Waals surface area contributed by atoms with Gasteiger partial charge in [0.2, 0.25) is 5.03 Å². The van der Waals surface area contributed by atoms with Gasteiger partial charge in [0.05, 0.1) is 19.8 Å². The molecule has 1 heterocycles. The third kappa shape index (κ3) is 3.00. The molecule has 1 rings (SSSR count). The molecule has 0 atom stereocenters. The van der Waals surface area contributed by atoms with Crippen molar-refractivity contribution in [2.45, 2.75) is 10.6 Å². The van der Waals surface area contributed by atoms with Crippen LogP contribution in [0.3, 0.4) is 0 Å². The third-order valence-electron chi connectivity index (χ3n) is 2.24. The summed E-state index contributed by atoms with van der Waals surface area (Å²) in [5, 5.41) is 26.1. The molecule has 0 unspecified atom stereocenters. The lowest BCUT2D eigenvalue weighted by atomic mass is 10.1. The maximum atomic E-state index is 13.3. The highest BCUT2D eigenvalue weighted by molar-refractivity contribution is 7.89. The number of pyridine rings is 1. The highest BCUT2D eigenvalue weighted by Gasteiger charge is 2.35. The van der Waals surface area contributed by atoms with E-state index in [1.165, 1.54) is 6.07 Å². The molecule has 1 aromatic rings. The molecule has 4 N–H and O–H groups in total. The quantitative estimate of drug-likeness (QED) is 0.489. The second-order valence-electron chi connectivity index (χ2n) is 3.65. The highest BCUT2D eigenvalue weighted by atomic mass is 32.2. The molecule has 0 bridgehead atoms. The molecule has 0 aliphatic rings. The van der Waals surface area contributed by atoms with Crippen molar-refractivity contribution in [1.29, 1.82) is 0 Å². The number of hydrogen-bond donors (Lipinski definition) is 4. The molecule has 0 aliphatic carbocycles. The maximum Gasteiger partial charge on any atom is 0.261 e. The summed E-state index contributed by atoms with van der Waals surface area (Å²) >= 11 is 0. The van der Waals surface area contributed by atoms with Crippen LogP contribution in [0.15, 0.2) is 23.4 Å². The van der Waals surface area contributed by atoms with E-state index in [-0.39, 0.29) is 0 Å². The number of nitrogens with zero attached hydrogens (tertiary/aromatic N) is 1. The van der Waals surface area contributed by atoms with Crippen LogP contribution in [0, 0.1) is 5.82 Å². The van der Waals surface area contributed by atoms with Gasteiger partial charge >= 0.3 is 0 Å². The number of sulfonamides is 1. The first-order valence-electron chi connectivity index (χ1n) is 4.88. The molecule has 0 aliphatic heterocycles. The molecule has 18 heavy (non-hydrogen) atoms. The van der Waals surface area contributed by atoms with E-state index in [1.807, 2.05) is 4.72 Å². The molecule has 9 heteroatoms. The number of aliphatic hydroxyl groups is 3. The van der Waals surface area contributed by atoms with E-state index in [0.29, 0.717) is 0 Å². The number of halogens is 1. The lowest BCUT2D eigenvalue weighted by Gasteiger charge is -2.27. The first kappa shape index (κ1) is 14.9. The zero-order chi connectivity index (χ0) is 13.8. The van der Waals surface area contributed by atoms with Crippen LogP contribution in [0.4, 0.5) is 4.39 Å². The molecule has 0 saturated carbocycles. The number of hydrogen-bond acceptors (Lipinski definition) is 6. The number of rotatable bonds is 6. The van der Waals surface area contributed by atoms with Crippen LogP contribution in [0.2, 0.25) is 0 Å². The molecular formula is C9H13FN2O5S. The van der Waals surface area contributed by atoms with E-state index >= 15 is 0 Å². The molecule has 0 amide bonds. The number of nitrogens with one attached hydrogen (secondary N) is 1. The van der Waals surface area contributed by atoms with E-state index < -0.39 is 46.2 Å². The lowest BCUT2D eigenvalue weighted by molar-refractivity contribution is 0.0581. The minimum atomic E-state index is -4.40. The fraction of sp³-hybridized carbons (Fsp3) is 0.444. The molecule has 0 fully saturated rings. The van der Waals surface area contributed by atoms with Crippen LogP contribution < -0.4 is 4.72 Å². The highest BCUT2D eigenvalue weighted by Crippen LogP contribution is 2.13. The van der Waals surface area contributed by atoms with E-state index in [2.05, 4.69) is 4.98 Å². The first-order valence-corrected chi connectivity index (χ1v) is 6.36. The SMILES string of the molecule is O=S(=O)(NC(CO)(CO)CO)c1ncccc1F. The van der Waals surface area contributed by atoms with Gasteiger partial charge < -0.3 is 15.3 Å². The summed E-state index contributed by atoms with van der Waals surface area (Å²) in [6.07, 6.45) is 1.08. The zero-order valence-electron chi connectivity index (χ0n) is 9.24. The van der Waals surface area contributed by atoms with Crippen molar-refractivity contribution >= 4 is 10.0 Å². The molecule has 102 valence electrons. The molecule has 0 spiro atoms. The number of aromatic nitrogens is 1. The van der Waals surface area contributed by atoms with Crippen LogP contribution in [-0.4, -0.2) is 54.1 Å². The summed E-state index contributed by atoms with van der Waals surface area (Å²) in [5.74, 6) is -1.08. The van der Waals surface area contributed by atoms with Gasteiger partial charge in [-0.2, -0.15) is 4.72 Å². The Hall–Kier alpha value is -1.13. The third-order valence-corrected chi connectivity index (χ3v) is 3.75. The average molecular weight is 280 g/mol. The van der Waals surface area contributed by atoms with Gasteiger partial charge in [-0.25, -0.2) is 17.8 Å². The maximum absolute atomic E-state index is 13.3. The molecule has 0 saturated heterocycles. The Kier molecular flexibility index (Phi) is 4.71. The van der Waals surface area contributed by atoms with Gasteiger partial charge in [-0.05, 0) is 12.1 Å². The molecule has 7 nitrogen and oxygen atoms in total. The summed E-state index contributed by atoms with van der Waals surface area (Å²) in [5.41, 5.74) is -1.87. The second kappa shape index (κ2) is 5.67. The van der Waals surface area contributed by atoms with E-state index in [0.717, 1.165) is 12.3 Å². The Morgan fingerprint density at radius 1 is 1.28 bits per heavy atom. The monoisotopic (exact) mass is 280 g/mol. The van der Waals surface area contributed by atoms with Crippen molar-refractivity contribution in [2.24, 2.45) is 0 Å². The summed E-state index contributed by atoms with van der Waals surface area (Å²) in [6, 6.07) is 2.12. The molecule has 1 aromatic heterocycles. The van der Waals surface area contributed by atoms with Crippen LogP contribution in [-0.2, 0) is 10.0 Å². The molecular weight excluding hydrogens is 267 g/mol. The van der Waals surface area contributed by atoms with Gasteiger partial charge in [-0.15, -0.1) is 0 Å². The van der Waals surface area contributed by atoms with E-state index in [9.17, 15) is 12.8 Å². The predicted octanol–water partition coefficient (Wildman–Crippen LogP) is -1.79. The van der Waals surface area contributed by atoms with Crippen molar-refractivity contribution < 1.29 is 28.1 Å². The van der Waals surface area contributed by atoms with Crippen molar-refractivity contribution in [3.05, 3.63) is 24.1 Å². The average Bonchev–Trinajstić information content (AvgIpc) is 2.36. The Morgan fingerprint density at radius 3 is 2.28 bits per heavy atom. The Morgan fingerprint density at radius 2 is 1.83 bits per heavy atom. The Balaban J connectivity index is 3.13. The largest absolute Gasteiger partial charge is 0.394 e. The Labute approximate surface area is 103 Å². The molecule has 0 aromatic carbocycles. The van der Waals surface area contributed by atoms with Crippen LogP contribution in [0.25, 0.3) is 0 Å². The topological polar surface area (TPSA) is 120 Å². The summed E-state index contributed by atoms with van der Waals surface area (Å²) in [4.78, 5) is 3.37. The fourth-order valence-corrected chi connectivity index (χ4v) is 2.53. The normalized spacial score (nSPS) is 12.7. The van der Waals surface area contributed by atoms with Crippen LogP contribution in [0.1, 0.15) is 0 Å². The Bertz CT molecular complexity index is 495. The van der Waals surface area contributed by atoms with Gasteiger partial charge in [0.25, 0.3) is 10.0 Å². The summed E-state index contributed by atoms with van der Waals surface area (Å²) < 4.78 is 38.7. The van der Waals surface area contributed by atoms with Crippen molar-refractivity contribution in [3.8, 4) is 0 Å². The van der Waals surface area contributed by atoms with Crippen LogP contribution in [0.5, 0.6) is 0 Å². The smallest absolute Gasteiger partial charge is 0.261 e. The molecule has 0 radical (unpaired) electrons. The van der Waals surface area contributed by atoms with Gasteiger partial charge in [0, 0.05) is 6.20 Å². The zero-order valence-corrected chi connectivity index (χ0v) is 10.1. The standard InChI is InChI=1S/C9H13FN2O5S/c10-7-2-1-3-11-8(7)18(16,17)12-9(4-13,5-14)6-15/h1-3,12-15H,4-6H2. The van der Waals surface area contributed by atoms with Crippen molar-refractivity contribution in [1.82, 2.24) is 9.71 Å². The van der Waals surface area contributed by atoms with Gasteiger partial charge in [-0.3, -0.25) is 0 Å². The van der Waals surface area contributed by atoms with E-state index in [4.69, 9.17) is 15.3 Å². The van der Waals surface area contributed by atoms with Gasteiger partial charge in [0.15, 0.2) is 5.82 Å². The summed E-state index contributed by atoms with van der Waals surface area (Å²) in [6.45, 7) is -2.56. The first-order chi connectivity index (χ1) is 8.40. The predicted molar refractivity (Wildman–Crippen MR) is 58.5 cm³/mol. The fourth-order valence-electron chi connectivity index (χ4n) is 1.15. The minimum absolute atomic E-state index is 0.853. The lowest BCUT2D eigenvalue weighted by Crippen LogP contribution is -2.57. The van der Waals surface area contributed by atoms with E-state index in [1.54, 1.807) is 0 Å². The van der Waals surface area contributed by atoms with Gasteiger partial charge in [0.1, 0.15) is 5.54 Å². The number of aliphatic hydroxyl groups excluding tert-OH is 3. The van der Waals surface area contributed by atoms with Crippen LogP contribution >= 0.6 is 0 Å². The minimum Gasteiger partial charge on any atom is -0.394 e.